The summed E-state index contributed by atoms with van der Waals surface area (Å²) in [6.07, 6.45) is 1.62. The molecule has 0 saturated heterocycles. The van der Waals surface area contributed by atoms with Gasteiger partial charge >= 0.3 is 0 Å². The maximum Gasteiger partial charge on any atom is 0.247 e. The van der Waals surface area contributed by atoms with E-state index in [1.165, 1.54) is 0 Å². The summed E-state index contributed by atoms with van der Waals surface area (Å²) in [5, 5.41) is 9.94. The number of rotatable bonds is 3. The first-order valence-electron chi connectivity index (χ1n) is 6.50. The van der Waals surface area contributed by atoms with E-state index in [4.69, 9.17) is 14.9 Å². The van der Waals surface area contributed by atoms with E-state index < -0.39 is 0 Å². The summed E-state index contributed by atoms with van der Waals surface area (Å²) in [7, 11) is 0. The Morgan fingerprint density at radius 3 is 2.86 bits per heavy atom. The molecule has 0 spiro atoms. The number of benzene rings is 1. The van der Waals surface area contributed by atoms with Crippen LogP contribution in [0.3, 0.4) is 0 Å². The molecule has 1 unspecified atom stereocenters. The fourth-order valence-corrected chi connectivity index (χ4v) is 2.13. The predicted octanol–water partition coefficient (Wildman–Crippen LogP) is 3.51. The summed E-state index contributed by atoms with van der Waals surface area (Å²) < 4.78 is 11.3. The quantitative estimate of drug-likeness (QED) is 0.792. The van der Waals surface area contributed by atoms with Crippen LogP contribution in [0.2, 0.25) is 0 Å². The SMILES string of the molecule is CC(N)c1cccnc1Oc1c(C#N)oc2ccccc12. The molecule has 3 rings (SSSR count). The number of ether oxygens (including phenoxy) is 1. The lowest BCUT2D eigenvalue weighted by Gasteiger charge is -2.11. The van der Waals surface area contributed by atoms with Crippen LogP contribution in [0.25, 0.3) is 11.0 Å². The molecular weight excluding hydrogens is 266 g/mol. The number of fused-ring (bicyclic) bond motifs is 1. The summed E-state index contributed by atoms with van der Waals surface area (Å²) in [6.45, 7) is 1.85. The van der Waals surface area contributed by atoms with Gasteiger partial charge in [-0.2, -0.15) is 5.26 Å². The number of hydrogen-bond donors (Lipinski definition) is 1. The number of furan rings is 1. The van der Waals surface area contributed by atoms with Crippen molar-refractivity contribution in [1.29, 1.82) is 5.26 Å². The zero-order valence-corrected chi connectivity index (χ0v) is 11.4. The lowest BCUT2D eigenvalue weighted by molar-refractivity contribution is 0.441. The fraction of sp³-hybridized carbons (Fsp3) is 0.125. The average molecular weight is 279 g/mol. The van der Waals surface area contributed by atoms with Gasteiger partial charge in [0.05, 0.1) is 5.39 Å². The first-order valence-corrected chi connectivity index (χ1v) is 6.50. The third-order valence-electron chi connectivity index (χ3n) is 3.14. The second-order valence-electron chi connectivity index (χ2n) is 4.66. The van der Waals surface area contributed by atoms with Gasteiger partial charge in [-0.15, -0.1) is 0 Å². The molecule has 21 heavy (non-hydrogen) atoms. The third kappa shape index (κ3) is 2.33. The zero-order valence-electron chi connectivity index (χ0n) is 11.4. The largest absolute Gasteiger partial charge is 0.442 e. The highest BCUT2D eigenvalue weighted by molar-refractivity contribution is 5.86. The number of aromatic nitrogens is 1. The summed E-state index contributed by atoms with van der Waals surface area (Å²) in [4.78, 5) is 4.20. The molecule has 0 aliphatic carbocycles. The van der Waals surface area contributed by atoms with Crippen molar-refractivity contribution >= 4 is 11.0 Å². The van der Waals surface area contributed by atoms with E-state index in [0.717, 1.165) is 10.9 Å². The van der Waals surface area contributed by atoms with Crippen molar-refractivity contribution < 1.29 is 9.15 Å². The van der Waals surface area contributed by atoms with Gasteiger partial charge in [0.25, 0.3) is 0 Å². The van der Waals surface area contributed by atoms with Gasteiger partial charge in [-0.05, 0) is 25.1 Å². The Hall–Kier alpha value is -2.84. The number of hydrogen-bond acceptors (Lipinski definition) is 5. The molecule has 2 N–H and O–H groups in total. The van der Waals surface area contributed by atoms with Crippen LogP contribution < -0.4 is 10.5 Å². The minimum Gasteiger partial charge on any atom is -0.442 e. The van der Waals surface area contributed by atoms with E-state index in [1.54, 1.807) is 18.3 Å². The van der Waals surface area contributed by atoms with Crippen LogP contribution in [0, 0.1) is 11.3 Å². The number of nitrogens with zero attached hydrogens (tertiary/aromatic N) is 2. The summed E-state index contributed by atoms with van der Waals surface area (Å²) in [6, 6.07) is 12.7. The van der Waals surface area contributed by atoms with Gasteiger partial charge in [0, 0.05) is 17.8 Å². The van der Waals surface area contributed by atoms with E-state index in [-0.39, 0.29) is 11.8 Å². The summed E-state index contributed by atoms with van der Waals surface area (Å²) in [5.41, 5.74) is 7.29. The van der Waals surface area contributed by atoms with E-state index in [0.29, 0.717) is 17.2 Å². The molecule has 0 saturated carbocycles. The highest BCUT2D eigenvalue weighted by Gasteiger charge is 2.18. The zero-order chi connectivity index (χ0) is 14.8. The highest BCUT2D eigenvalue weighted by atomic mass is 16.5. The second-order valence-corrected chi connectivity index (χ2v) is 4.66. The minimum atomic E-state index is -0.225. The Balaban J connectivity index is 2.13. The molecule has 1 atom stereocenters. The molecule has 0 aliphatic heterocycles. The molecule has 1 aromatic carbocycles. The van der Waals surface area contributed by atoms with E-state index in [9.17, 15) is 5.26 Å². The van der Waals surface area contributed by atoms with Crippen molar-refractivity contribution in [2.75, 3.05) is 0 Å². The predicted molar refractivity (Wildman–Crippen MR) is 77.8 cm³/mol. The monoisotopic (exact) mass is 279 g/mol. The molecule has 0 bridgehead atoms. The van der Waals surface area contributed by atoms with Crippen LogP contribution in [-0.4, -0.2) is 4.98 Å². The molecule has 0 amide bonds. The van der Waals surface area contributed by atoms with Gasteiger partial charge in [-0.25, -0.2) is 4.98 Å². The molecule has 5 nitrogen and oxygen atoms in total. The Morgan fingerprint density at radius 2 is 2.10 bits per heavy atom. The lowest BCUT2D eigenvalue weighted by Crippen LogP contribution is -2.07. The Morgan fingerprint density at radius 1 is 1.29 bits per heavy atom. The van der Waals surface area contributed by atoms with Crippen molar-refractivity contribution in [3.8, 4) is 17.7 Å². The number of nitrogens with two attached hydrogens (primary N) is 1. The number of pyridine rings is 1. The summed E-state index contributed by atoms with van der Waals surface area (Å²) >= 11 is 0. The highest BCUT2D eigenvalue weighted by Crippen LogP contribution is 2.36. The second kappa shape index (κ2) is 5.27. The molecule has 2 aromatic heterocycles. The van der Waals surface area contributed by atoms with Gasteiger partial charge in [0.15, 0.2) is 5.75 Å². The van der Waals surface area contributed by atoms with E-state index in [1.807, 2.05) is 37.3 Å². The van der Waals surface area contributed by atoms with Crippen molar-refractivity contribution in [1.82, 2.24) is 4.98 Å². The Labute approximate surface area is 121 Å². The van der Waals surface area contributed by atoms with Gasteiger partial charge < -0.3 is 14.9 Å². The first-order chi connectivity index (χ1) is 10.2. The normalized spacial score (nSPS) is 12.0. The molecule has 0 radical (unpaired) electrons. The van der Waals surface area contributed by atoms with Crippen LogP contribution in [0.15, 0.2) is 47.0 Å². The topological polar surface area (TPSA) is 85.1 Å². The molecule has 0 aliphatic rings. The maximum atomic E-state index is 9.21. The molecule has 5 heteroatoms. The van der Waals surface area contributed by atoms with Crippen molar-refractivity contribution in [3.63, 3.8) is 0 Å². The van der Waals surface area contributed by atoms with Crippen molar-refractivity contribution in [2.45, 2.75) is 13.0 Å². The molecular formula is C16H13N3O2. The molecule has 2 heterocycles. The Kier molecular flexibility index (Phi) is 3.30. The van der Waals surface area contributed by atoms with E-state index in [2.05, 4.69) is 4.98 Å². The van der Waals surface area contributed by atoms with Crippen LogP contribution in [0.1, 0.15) is 24.3 Å². The van der Waals surface area contributed by atoms with Crippen LogP contribution in [-0.2, 0) is 0 Å². The van der Waals surface area contributed by atoms with Gasteiger partial charge in [-0.3, -0.25) is 0 Å². The maximum absolute atomic E-state index is 9.21. The van der Waals surface area contributed by atoms with Gasteiger partial charge in [0.2, 0.25) is 11.6 Å². The number of para-hydroxylation sites is 1. The van der Waals surface area contributed by atoms with Crippen LogP contribution in [0.5, 0.6) is 11.6 Å². The fourth-order valence-electron chi connectivity index (χ4n) is 2.13. The smallest absolute Gasteiger partial charge is 0.247 e. The minimum absolute atomic E-state index is 0.123. The van der Waals surface area contributed by atoms with Gasteiger partial charge in [-0.1, -0.05) is 18.2 Å². The molecule has 0 fully saturated rings. The van der Waals surface area contributed by atoms with Crippen molar-refractivity contribution in [3.05, 3.63) is 53.9 Å². The van der Waals surface area contributed by atoms with Crippen molar-refractivity contribution in [2.24, 2.45) is 5.73 Å². The standard InChI is InChI=1S/C16H13N3O2/c1-10(18)11-6-4-8-19-16(11)21-15-12-5-2-3-7-13(12)20-14(15)9-17/h2-8,10H,18H2,1H3. The molecule has 104 valence electrons. The van der Waals surface area contributed by atoms with E-state index >= 15 is 0 Å². The van der Waals surface area contributed by atoms with Crippen LogP contribution in [0.4, 0.5) is 0 Å². The number of nitriles is 1. The van der Waals surface area contributed by atoms with Gasteiger partial charge in [0.1, 0.15) is 11.7 Å². The summed E-state index contributed by atoms with van der Waals surface area (Å²) in [5.74, 6) is 0.877. The Bertz CT molecular complexity index is 831. The third-order valence-corrected chi connectivity index (χ3v) is 3.14. The van der Waals surface area contributed by atoms with Crippen LogP contribution >= 0.6 is 0 Å². The lowest BCUT2D eigenvalue weighted by atomic mass is 10.1. The first kappa shape index (κ1) is 13.2. The average Bonchev–Trinajstić information content (AvgIpc) is 2.86. The molecule has 3 aromatic rings.